The fourth-order valence-corrected chi connectivity index (χ4v) is 3.21. The Kier molecular flexibility index (Phi) is 6.94. The molecule has 1 N–H and O–H groups in total. The lowest BCUT2D eigenvalue weighted by molar-refractivity contribution is -0.116. The molecule has 2 aromatic rings. The largest absolute Gasteiger partial charge is 0.326 e. The van der Waals surface area contributed by atoms with Crippen molar-refractivity contribution < 1.29 is 9.59 Å². The molecular formula is C22H31N3O2. The fraction of sp³-hybridized carbons (Fsp3) is 0.500. The van der Waals surface area contributed by atoms with Crippen LogP contribution >= 0.6 is 0 Å². The van der Waals surface area contributed by atoms with Crippen molar-refractivity contribution in [3.63, 3.8) is 0 Å². The summed E-state index contributed by atoms with van der Waals surface area (Å²) in [6.07, 6.45) is 2.28. The van der Waals surface area contributed by atoms with Gasteiger partial charge in [0.1, 0.15) is 0 Å². The Morgan fingerprint density at radius 1 is 1.11 bits per heavy atom. The Morgan fingerprint density at radius 2 is 1.81 bits per heavy atom. The molecule has 2 rings (SSSR count). The number of hydrogen-bond acceptors (Lipinski definition) is 3. The summed E-state index contributed by atoms with van der Waals surface area (Å²) in [5.74, 6) is 0.316. The van der Waals surface area contributed by atoms with Crippen molar-refractivity contribution in [1.29, 1.82) is 0 Å². The van der Waals surface area contributed by atoms with Crippen molar-refractivity contribution in [2.45, 2.75) is 67.2 Å². The van der Waals surface area contributed by atoms with Crippen molar-refractivity contribution in [3.8, 4) is 0 Å². The van der Waals surface area contributed by atoms with Gasteiger partial charge < -0.3 is 5.32 Å². The van der Waals surface area contributed by atoms with Gasteiger partial charge in [0.2, 0.25) is 11.8 Å². The minimum Gasteiger partial charge on any atom is -0.326 e. The van der Waals surface area contributed by atoms with Crippen LogP contribution in [0.2, 0.25) is 0 Å². The molecule has 5 nitrogen and oxygen atoms in total. The molecule has 27 heavy (non-hydrogen) atoms. The molecule has 0 fully saturated rings. The average Bonchev–Trinajstić information content (AvgIpc) is 2.87. The van der Waals surface area contributed by atoms with Gasteiger partial charge in [-0.2, -0.15) is 5.10 Å². The van der Waals surface area contributed by atoms with E-state index in [2.05, 4.69) is 24.3 Å². The summed E-state index contributed by atoms with van der Waals surface area (Å²) in [4.78, 5) is 24.8. The van der Waals surface area contributed by atoms with E-state index in [0.717, 1.165) is 46.6 Å². The van der Waals surface area contributed by atoms with Crippen molar-refractivity contribution in [2.24, 2.45) is 5.92 Å². The summed E-state index contributed by atoms with van der Waals surface area (Å²) >= 11 is 0. The summed E-state index contributed by atoms with van der Waals surface area (Å²) in [6.45, 7) is 12.2. The normalized spacial score (nSPS) is 11.1. The van der Waals surface area contributed by atoms with Crippen LogP contribution < -0.4 is 5.32 Å². The third-order valence-corrected chi connectivity index (χ3v) is 4.87. The maximum atomic E-state index is 12.6. The quantitative estimate of drug-likeness (QED) is 0.765. The Morgan fingerprint density at radius 3 is 2.44 bits per heavy atom. The Labute approximate surface area is 162 Å². The molecule has 0 saturated heterocycles. The number of hydrogen-bond donors (Lipinski definition) is 1. The van der Waals surface area contributed by atoms with Crippen molar-refractivity contribution >= 4 is 17.5 Å². The van der Waals surface area contributed by atoms with Crippen molar-refractivity contribution in [1.82, 2.24) is 9.78 Å². The second-order valence-corrected chi connectivity index (χ2v) is 7.75. The van der Waals surface area contributed by atoms with Gasteiger partial charge in [0.05, 0.1) is 5.69 Å². The molecule has 0 unspecified atom stereocenters. The number of benzene rings is 1. The summed E-state index contributed by atoms with van der Waals surface area (Å²) < 4.78 is 1.47. The molecule has 0 aliphatic rings. The summed E-state index contributed by atoms with van der Waals surface area (Å²) in [7, 11) is 0. The summed E-state index contributed by atoms with van der Waals surface area (Å²) in [5, 5.41) is 7.30. The highest BCUT2D eigenvalue weighted by Crippen LogP contribution is 2.19. The van der Waals surface area contributed by atoms with E-state index in [9.17, 15) is 9.59 Å². The van der Waals surface area contributed by atoms with Gasteiger partial charge in [0.15, 0.2) is 0 Å². The van der Waals surface area contributed by atoms with Crippen LogP contribution in [-0.4, -0.2) is 21.6 Å². The maximum Gasteiger partial charge on any atom is 0.247 e. The molecule has 5 heteroatoms. The van der Waals surface area contributed by atoms with Crippen molar-refractivity contribution in [3.05, 3.63) is 46.3 Å². The maximum absolute atomic E-state index is 12.6. The third-order valence-electron chi connectivity index (χ3n) is 4.87. The predicted molar refractivity (Wildman–Crippen MR) is 109 cm³/mol. The zero-order valence-corrected chi connectivity index (χ0v) is 17.3. The molecule has 1 aromatic carbocycles. The van der Waals surface area contributed by atoms with E-state index >= 15 is 0 Å². The molecule has 0 radical (unpaired) electrons. The lowest BCUT2D eigenvalue weighted by Crippen LogP contribution is -2.19. The fourth-order valence-electron chi connectivity index (χ4n) is 3.21. The molecule has 0 aliphatic carbocycles. The monoisotopic (exact) mass is 369 g/mol. The smallest absolute Gasteiger partial charge is 0.247 e. The molecule has 1 heterocycles. The Balaban J connectivity index is 1.97. The first kappa shape index (κ1) is 20.9. The van der Waals surface area contributed by atoms with E-state index in [4.69, 9.17) is 0 Å². The van der Waals surface area contributed by atoms with Gasteiger partial charge in [-0.1, -0.05) is 31.5 Å². The van der Waals surface area contributed by atoms with Crippen LogP contribution in [0.25, 0.3) is 0 Å². The lowest BCUT2D eigenvalue weighted by atomic mass is 10.0. The van der Waals surface area contributed by atoms with E-state index in [-0.39, 0.29) is 24.7 Å². The van der Waals surface area contributed by atoms with E-state index < -0.39 is 0 Å². The number of amides is 1. The first-order valence-electron chi connectivity index (χ1n) is 9.64. The standard InChI is InChI=1S/C22H31N3O2/c1-14(2)7-9-19-17(5)24-25(18(19)6)22(27)12-11-21(26)23-20-10-8-15(3)13-16(20)4/h8,10,13-14H,7,9,11-12H2,1-6H3,(H,23,26). The lowest BCUT2D eigenvalue weighted by Gasteiger charge is -2.09. The molecule has 146 valence electrons. The minimum absolute atomic E-state index is 0.137. The Hall–Kier alpha value is -2.43. The number of anilines is 1. The van der Waals surface area contributed by atoms with Gasteiger partial charge in [0, 0.05) is 24.2 Å². The van der Waals surface area contributed by atoms with E-state index in [1.54, 1.807) is 0 Å². The van der Waals surface area contributed by atoms with Crippen LogP contribution in [-0.2, 0) is 11.2 Å². The van der Waals surface area contributed by atoms with Crippen LogP contribution in [0.1, 0.15) is 66.0 Å². The number of rotatable bonds is 7. The average molecular weight is 370 g/mol. The predicted octanol–water partition coefficient (Wildman–Crippen LogP) is 4.76. The number of nitrogens with zero attached hydrogens (tertiary/aromatic N) is 2. The molecule has 1 aromatic heterocycles. The molecule has 0 saturated carbocycles. The second-order valence-electron chi connectivity index (χ2n) is 7.75. The van der Waals surface area contributed by atoms with E-state index in [1.807, 2.05) is 45.9 Å². The topological polar surface area (TPSA) is 64.0 Å². The van der Waals surface area contributed by atoms with Gasteiger partial charge >= 0.3 is 0 Å². The van der Waals surface area contributed by atoms with Gasteiger partial charge in [-0.25, -0.2) is 4.68 Å². The minimum atomic E-state index is -0.156. The zero-order chi connectivity index (χ0) is 20.1. The highest BCUT2D eigenvalue weighted by Gasteiger charge is 2.17. The van der Waals surface area contributed by atoms with Gasteiger partial charge in [-0.3, -0.25) is 9.59 Å². The highest BCUT2D eigenvalue weighted by molar-refractivity contribution is 5.94. The van der Waals surface area contributed by atoms with Crippen LogP contribution in [0.4, 0.5) is 5.69 Å². The number of carbonyl (C=O) groups is 2. The molecule has 0 bridgehead atoms. The van der Waals surface area contributed by atoms with Crippen molar-refractivity contribution in [2.75, 3.05) is 5.32 Å². The number of nitrogens with one attached hydrogen (secondary N) is 1. The number of carbonyl (C=O) groups excluding carboxylic acids is 2. The first-order valence-corrected chi connectivity index (χ1v) is 9.64. The summed E-state index contributed by atoms with van der Waals surface area (Å²) in [5.41, 5.74) is 5.91. The van der Waals surface area contributed by atoms with Crippen LogP contribution in [0, 0.1) is 33.6 Å². The zero-order valence-electron chi connectivity index (χ0n) is 17.3. The third kappa shape index (κ3) is 5.52. The highest BCUT2D eigenvalue weighted by atomic mass is 16.2. The SMILES string of the molecule is Cc1ccc(NC(=O)CCC(=O)n2nc(C)c(CCC(C)C)c2C)c(C)c1. The number of aromatic nitrogens is 2. The van der Waals surface area contributed by atoms with Gasteiger partial charge in [-0.15, -0.1) is 0 Å². The van der Waals surface area contributed by atoms with Gasteiger partial charge in [-0.05, 0) is 63.6 Å². The molecular weight excluding hydrogens is 338 g/mol. The van der Waals surface area contributed by atoms with Gasteiger partial charge in [0.25, 0.3) is 0 Å². The second kappa shape index (κ2) is 8.98. The molecule has 1 amide bonds. The van der Waals surface area contributed by atoms with E-state index in [0.29, 0.717) is 5.92 Å². The van der Waals surface area contributed by atoms with Crippen LogP contribution in [0.3, 0.4) is 0 Å². The Bertz CT molecular complexity index is 834. The molecule has 0 aliphatic heterocycles. The molecule has 0 spiro atoms. The number of aryl methyl sites for hydroxylation is 3. The summed E-state index contributed by atoms with van der Waals surface area (Å²) in [6, 6.07) is 5.88. The molecule has 0 atom stereocenters. The van der Waals surface area contributed by atoms with Crippen LogP contribution in [0.5, 0.6) is 0 Å². The van der Waals surface area contributed by atoms with E-state index in [1.165, 1.54) is 4.68 Å². The first-order chi connectivity index (χ1) is 12.7. The van der Waals surface area contributed by atoms with Crippen LogP contribution in [0.15, 0.2) is 18.2 Å².